The van der Waals surface area contributed by atoms with E-state index in [0.717, 1.165) is 24.3 Å². The molecule has 264 valence electrons. The highest BCUT2D eigenvalue weighted by atomic mass is 32.2. The van der Waals surface area contributed by atoms with Crippen molar-refractivity contribution < 1.29 is 31.1 Å². The van der Waals surface area contributed by atoms with Gasteiger partial charge in [0.15, 0.2) is 0 Å². The molecule has 2 aliphatic rings. The number of hydrogen-bond acceptors (Lipinski definition) is 9. The third-order valence-corrected chi connectivity index (χ3v) is 11.5. The summed E-state index contributed by atoms with van der Waals surface area (Å²) in [7, 11) is -5.56. The molecule has 0 bridgehead atoms. The summed E-state index contributed by atoms with van der Waals surface area (Å²) in [5.41, 5.74) is 4.86. The first-order chi connectivity index (χ1) is 24.0. The maximum absolute atomic E-state index is 13.4. The number of nitrogens with zero attached hydrogens (tertiary/aromatic N) is 3. The van der Waals surface area contributed by atoms with Crippen molar-refractivity contribution in [2.45, 2.75) is 11.4 Å². The van der Waals surface area contributed by atoms with Crippen molar-refractivity contribution in [3.8, 4) is 16.9 Å². The largest absolute Gasteiger partial charge is 0.496 e. The average Bonchev–Trinajstić information content (AvgIpc) is 3.12. The smallest absolute Gasteiger partial charge is 0.261 e. The average molecular weight is 720 g/mol. The van der Waals surface area contributed by atoms with Crippen molar-refractivity contribution in [3.63, 3.8) is 0 Å². The summed E-state index contributed by atoms with van der Waals surface area (Å²) in [4.78, 5) is 17.6. The molecule has 2 N–H and O–H groups in total. The molecule has 2 fully saturated rings. The maximum atomic E-state index is 13.4. The van der Waals surface area contributed by atoms with E-state index in [9.17, 15) is 21.6 Å². The Morgan fingerprint density at radius 2 is 1.42 bits per heavy atom. The first-order valence-corrected chi connectivity index (χ1v) is 19.6. The molecule has 0 spiro atoms. The molecule has 0 unspecified atom stereocenters. The zero-order valence-electron chi connectivity index (χ0n) is 28.0. The zero-order valence-corrected chi connectivity index (χ0v) is 29.7. The molecule has 6 rings (SSSR count). The van der Waals surface area contributed by atoms with E-state index in [1.54, 1.807) is 48.5 Å². The van der Waals surface area contributed by atoms with Crippen LogP contribution in [0.1, 0.15) is 15.9 Å². The number of carbonyl (C=O) groups excluding carboxylic acids is 1. The van der Waals surface area contributed by atoms with E-state index in [0.29, 0.717) is 79.8 Å². The highest BCUT2D eigenvalue weighted by Gasteiger charge is 2.23. The van der Waals surface area contributed by atoms with Crippen LogP contribution in [-0.4, -0.2) is 97.8 Å². The molecule has 4 aromatic rings. The molecular weight excluding hydrogens is 679 g/mol. The van der Waals surface area contributed by atoms with Crippen LogP contribution in [0, 0.1) is 0 Å². The predicted octanol–water partition coefficient (Wildman–Crippen LogP) is 4.33. The number of hydrogen-bond donors (Lipinski definition) is 2. The number of piperazine rings is 1. The molecule has 2 heterocycles. The first kappa shape index (κ1) is 35.4. The summed E-state index contributed by atoms with van der Waals surface area (Å²) in [5.74, 6) is 0.210. The normalized spacial score (nSPS) is 16.2. The third kappa shape index (κ3) is 8.63. The van der Waals surface area contributed by atoms with Gasteiger partial charge in [-0.25, -0.2) is 16.8 Å². The number of rotatable bonds is 11. The number of morpholine rings is 1. The molecule has 0 atom stereocenters. The van der Waals surface area contributed by atoms with Crippen LogP contribution in [0.15, 0.2) is 95.9 Å². The molecule has 12 nitrogen and oxygen atoms in total. The number of methoxy groups -OCH3 is 1. The van der Waals surface area contributed by atoms with Crippen LogP contribution in [0.2, 0.25) is 0 Å². The van der Waals surface area contributed by atoms with Crippen LogP contribution in [0.3, 0.4) is 0 Å². The summed E-state index contributed by atoms with van der Waals surface area (Å²) in [6.07, 6.45) is 1.24. The van der Waals surface area contributed by atoms with Crippen LogP contribution < -0.4 is 19.7 Å². The Morgan fingerprint density at radius 1 is 0.780 bits per heavy atom. The van der Waals surface area contributed by atoms with Gasteiger partial charge in [0.25, 0.3) is 15.9 Å². The predicted molar refractivity (Wildman–Crippen MR) is 195 cm³/mol. The van der Waals surface area contributed by atoms with Crippen molar-refractivity contribution >= 4 is 43.0 Å². The lowest BCUT2D eigenvalue weighted by molar-refractivity contribution is 0.102. The Hall–Kier alpha value is -4.47. The number of carbonyl (C=O) groups is 1. The molecule has 14 heteroatoms. The summed E-state index contributed by atoms with van der Waals surface area (Å²) in [6.45, 7) is 5.88. The zero-order chi connectivity index (χ0) is 35.3. The summed E-state index contributed by atoms with van der Waals surface area (Å²) in [5, 5.41) is 2.92. The quantitative estimate of drug-likeness (QED) is 0.232. The van der Waals surface area contributed by atoms with Gasteiger partial charge in [-0.3, -0.25) is 14.4 Å². The summed E-state index contributed by atoms with van der Waals surface area (Å²) >= 11 is 0. The molecule has 50 heavy (non-hydrogen) atoms. The Balaban J connectivity index is 1.08. The minimum Gasteiger partial charge on any atom is -0.496 e. The van der Waals surface area contributed by atoms with Gasteiger partial charge in [-0.2, -0.15) is 4.31 Å². The summed E-state index contributed by atoms with van der Waals surface area (Å²) < 4.78 is 65.5. The van der Waals surface area contributed by atoms with E-state index in [-0.39, 0.29) is 10.8 Å². The van der Waals surface area contributed by atoms with Crippen LogP contribution in [0.25, 0.3) is 11.1 Å². The van der Waals surface area contributed by atoms with E-state index in [1.807, 2.05) is 36.4 Å². The Morgan fingerprint density at radius 3 is 2.04 bits per heavy atom. The first-order valence-electron chi connectivity index (χ1n) is 16.3. The fourth-order valence-corrected chi connectivity index (χ4v) is 7.94. The molecule has 0 radical (unpaired) electrons. The fraction of sp³-hybridized carbons (Fsp3) is 0.306. The topological polar surface area (TPSA) is 138 Å². The summed E-state index contributed by atoms with van der Waals surface area (Å²) in [6, 6.07) is 26.4. The van der Waals surface area contributed by atoms with Crippen molar-refractivity contribution in [2.24, 2.45) is 0 Å². The molecule has 2 saturated heterocycles. The Labute approximate surface area is 293 Å². The molecule has 0 saturated carbocycles. The van der Waals surface area contributed by atoms with Crippen LogP contribution in [-0.2, 0) is 31.3 Å². The van der Waals surface area contributed by atoms with Gasteiger partial charge in [0.1, 0.15) is 5.75 Å². The van der Waals surface area contributed by atoms with E-state index in [4.69, 9.17) is 9.47 Å². The standard InChI is InChI=1S/C36H41N5O7S2/c1-47-35-16-15-33(50(45,46)38-31-11-13-32(14-12-31)40-21-23-48-24-22-40)25-34(35)28-5-7-29(8-6-28)36(42)37-30-9-3-27(4-10-30)26-39-17-19-41(20-18-39)49(2,43)44/h3-16,25,38H,17-24,26H2,1-2H3,(H,37,42). The monoisotopic (exact) mass is 719 g/mol. The van der Waals surface area contributed by atoms with Crippen LogP contribution >= 0.6 is 0 Å². The second-order valence-electron chi connectivity index (χ2n) is 12.3. The second-order valence-corrected chi connectivity index (χ2v) is 15.9. The van der Waals surface area contributed by atoms with Crippen molar-refractivity contribution in [3.05, 3.63) is 102 Å². The third-order valence-electron chi connectivity index (χ3n) is 8.85. The van der Waals surface area contributed by atoms with Gasteiger partial charge in [0.05, 0.1) is 31.5 Å². The highest BCUT2D eigenvalue weighted by molar-refractivity contribution is 7.92. The van der Waals surface area contributed by atoms with Gasteiger partial charge < -0.3 is 19.7 Å². The van der Waals surface area contributed by atoms with E-state index < -0.39 is 20.0 Å². The van der Waals surface area contributed by atoms with Gasteiger partial charge in [-0.1, -0.05) is 24.3 Å². The minimum absolute atomic E-state index is 0.0759. The fourth-order valence-electron chi connectivity index (χ4n) is 6.03. The lowest BCUT2D eigenvalue weighted by atomic mass is 10.0. The Bertz CT molecular complexity index is 2010. The van der Waals surface area contributed by atoms with Gasteiger partial charge in [-0.15, -0.1) is 0 Å². The number of nitrogens with one attached hydrogen (secondary N) is 2. The molecular formula is C36H41N5O7S2. The highest BCUT2D eigenvalue weighted by Crippen LogP contribution is 2.33. The number of anilines is 3. The van der Waals surface area contributed by atoms with E-state index >= 15 is 0 Å². The van der Waals surface area contributed by atoms with Gasteiger partial charge in [0, 0.05) is 74.0 Å². The van der Waals surface area contributed by atoms with Crippen molar-refractivity contribution in [1.29, 1.82) is 0 Å². The van der Waals surface area contributed by atoms with Crippen LogP contribution in [0.4, 0.5) is 17.1 Å². The number of sulfonamides is 2. The molecule has 4 aromatic carbocycles. The van der Waals surface area contributed by atoms with Gasteiger partial charge >= 0.3 is 0 Å². The minimum atomic E-state index is -3.91. The van der Waals surface area contributed by atoms with Crippen LogP contribution in [0.5, 0.6) is 5.75 Å². The lowest BCUT2D eigenvalue weighted by Gasteiger charge is -2.33. The SMILES string of the molecule is COc1ccc(S(=O)(=O)Nc2ccc(N3CCOCC3)cc2)cc1-c1ccc(C(=O)Nc2ccc(CN3CCN(S(C)(=O)=O)CC3)cc2)cc1. The molecule has 2 aliphatic heterocycles. The molecule has 0 aromatic heterocycles. The number of ether oxygens (including phenoxy) is 2. The molecule has 1 amide bonds. The van der Waals surface area contributed by atoms with E-state index in [1.165, 1.54) is 23.7 Å². The number of amides is 1. The Kier molecular flexibility index (Phi) is 10.7. The van der Waals surface area contributed by atoms with Gasteiger partial charge in [-0.05, 0) is 77.9 Å². The lowest BCUT2D eigenvalue weighted by Crippen LogP contribution is -2.47. The van der Waals surface area contributed by atoms with Crippen molar-refractivity contribution in [1.82, 2.24) is 9.21 Å². The van der Waals surface area contributed by atoms with Crippen molar-refractivity contribution in [2.75, 3.05) is 80.8 Å². The maximum Gasteiger partial charge on any atom is 0.261 e. The second kappa shape index (κ2) is 15.2. The van der Waals surface area contributed by atoms with Gasteiger partial charge in [0.2, 0.25) is 10.0 Å². The molecule has 0 aliphatic carbocycles. The number of benzene rings is 4. The van der Waals surface area contributed by atoms with E-state index in [2.05, 4.69) is 19.8 Å².